The van der Waals surface area contributed by atoms with Gasteiger partial charge in [0.2, 0.25) is 5.13 Å². The highest BCUT2D eigenvalue weighted by Gasteiger charge is 2.08. The first-order valence-electron chi connectivity index (χ1n) is 5.47. The summed E-state index contributed by atoms with van der Waals surface area (Å²) in [7, 11) is 3.92. The highest BCUT2D eigenvalue weighted by Crippen LogP contribution is 2.29. The second-order valence-electron chi connectivity index (χ2n) is 3.85. The van der Waals surface area contributed by atoms with E-state index in [0.29, 0.717) is 6.54 Å². The number of pyridine rings is 1. The molecule has 2 N–H and O–H groups in total. The van der Waals surface area contributed by atoms with E-state index in [-0.39, 0.29) is 0 Å². The van der Waals surface area contributed by atoms with E-state index in [1.807, 2.05) is 25.1 Å². The summed E-state index contributed by atoms with van der Waals surface area (Å²) >= 11 is 3.25. The summed E-state index contributed by atoms with van der Waals surface area (Å²) in [5.41, 5.74) is 7.77. The van der Waals surface area contributed by atoms with E-state index in [2.05, 4.69) is 21.2 Å². The van der Waals surface area contributed by atoms with Crippen LogP contribution in [0, 0.1) is 0 Å². The summed E-state index contributed by atoms with van der Waals surface area (Å²) in [6.07, 6.45) is 1.77. The molecular formula is C11H15N5S2. The molecule has 2 heterocycles. The van der Waals surface area contributed by atoms with Crippen LogP contribution in [0.3, 0.4) is 0 Å². The van der Waals surface area contributed by atoms with Crippen molar-refractivity contribution in [2.45, 2.75) is 16.6 Å². The van der Waals surface area contributed by atoms with Gasteiger partial charge in [-0.15, -0.1) is 10.2 Å². The van der Waals surface area contributed by atoms with E-state index in [1.54, 1.807) is 29.3 Å². The maximum absolute atomic E-state index is 5.66. The molecule has 2 aromatic heterocycles. The van der Waals surface area contributed by atoms with E-state index in [4.69, 9.17) is 5.73 Å². The standard InChI is InChI=1S/C11H15N5S2/c1-16(2)10-14-15-11(18-10)17-7-8-4-3-5-13-9(8)6-12/h3-5H,6-7,12H2,1-2H3. The summed E-state index contributed by atoms with van der Waals surface area (Å²) < 4.78 is 0.963. The van der Waals surface area contributed by atoms with Crippen molar-refractivity contribution in [3.63, 3.8) is 0 Å². The van der Waals surface area contributed by atoms with Crippen LogP contribution in [-0.4, -0.2) is 29.3 Å². The summed E-state index contributed by atoms with van der Waals surface area (Å²) in [6.45, 7) is 0.468. The van der Waals surface area contributed by atoms with Crippen LogP contribution in [0.2, 0.25) is 0 Å². The second kappa shape index (κ2) is 6.12. The topological polar surface area (TPSA) is 67.9 Å². The fourth-order valence-corrected chi connectivity index (χ4v) is 3.15. The van der Waals surface area contributed by atoms with Crippen molar-refractivity contribution in [2.24, 2.45) is 5.73 Å². The first-order chi connectivity index (χ1) is 8.70. The maximum Gasteiger partial charge on any atom is 0.208 e. The number of hydrogen-bond acceptors (Lipinski definition) is 7. The zero-order valence-electron chi connectivity index (χ0n) is 10.3. The molecule has 7 heteroatoms. The van der Waals surface area contributed by atoms with E-state index >= 15 is 0 Å². The predicted molar refractivity (Wildman–Crippen MR) is 75.9 cm³/mol. The lowest BCUT2D eigenvalue weighted by Crippen LogP contribution is -2.07. The smallest absolute Gasteiger partial charge is 0.208 e. The SMILES string of the molecule is CN(C)c1nnc(SCc2cccnc2CN)s1. The molecule has 0 aromatic carbocycles. The first kappa shape index (κ1) is 13.3. The molecule has 0 unspecified atom stereocenters. The number of hydrogen-bond donors (Lipinski definition) is 1. The molecule has 0 saturated carbocycles. The van der Waals surface area contributed by atoms with Gasteiger partial charge in [0, 0.05) is 32.6 Å². The van der Waals surface area contributed by atoms with Crippen molar-refractivity contribution in [1.29, 1.82) is 0 Å². The fourth-order valence-electron chi connectivity index (χ4n) is 1.37. The number of rotatable bonds is 5. The van der Waals surface area contributed by atoms with Crippen LogP contribution >= 0.6 is 23.1 Å². The minimum atomic E-state index is 0.468. The van der Waals surface area contributed by atoms with Crippen molar-refractivity contribution in [3.8, 4) is 0 Å². The molecule has 0 bridgehead atoms. The quantitative estimate of drug-likeness (QED) is 0.842. The molecular weight excluding hydrogens is 266 g/mol. The highest BCUT2D eigenvalue weighted by molar-refractivity contribution is 8.00. The van der Waals surface area contributed by atoms with E-state index in [1.165, 1.54) is 0 Å². The van der Waals surface area contributed by atoms with Gasteiger partial charge in [0.05, 0.1) is 5.69 Å². The third-order valence-electron chi connectivity index (χ3n) is 2.31. The maximum atomic E-state index is 5.66. The molecule has 96 valence electrons. The molecule has 0 aliphatic heterocycles. The Hall–Kier alpha value is -1.18. The Bertz CT molecular complexity index is 512. The van der Waals surface area contributed by atoms with Crippen LogP contribution < -0.4 is 10.6 Å². The van der Waals surface area contributed by atoms with Gasteiger partial charge in [-0.05, 0) is 11.6 Å². The molecule has 0 spiro atoms. The predicted octanol–water partition coefficient (Wildman–Crippen LogP) is 1.75. The lowest BCUT2D eigenvalue weighted by molar-refractivity contribution is 0.959. The summed E-state index contributed by atoms with van der Waals surface area (Å²) in [4.78, 5) is 6.22. The number of nitrogens with two attached hydrogens (primary N) is 1. The van der Waals surface area contributed by atoms with E-state index in [0.717, 1.165) is 26.5 Å². The van der Waals surface area contributed by atoms with Gasteiger partial charge in [-0.2, -0.15) is 0 Å². The van der Waals surface area contributed by atoms with Crippen molar-refractivity contribution in [3.05, 3.63) is 29.6 Å². The van der Waals surface area contributed by atoms with Gasteiger partial charge in [0.25, 0.3) is 0 Å². The van der Waals surface area contributed by atoms with Gasteiger partial charge >= 0.3 is 0 Å². The molecule has 0 radical (unpaired) electrons. The van der Waals surface area contributed by atoms with Gasteiger partial charge in [-0.25, -0.2) is 0 Å². The van der Waals surface area contributed by atoms with Crippen molar-refractivity contribution in [2.75, 3.05) is 19.0 Å². The van der Waals surface area contributed by atoms with Crippen molar-refractivity contribution >= 4 is 28.2 Å². The van der Waals surface area contributed by atoms with Crippen molar-refractivity contribution < 1.29 is 0 Å². The minimum Gasteiger partial charge on any atom is -0.353 e. The summed E-state index contributed by atoms with van der Waals surface area (Å²) in [6, 6.07) is 3.98. The Labute approximate surface area is 114 Å². The van der Waals surface area contributed by atoms with Gasteiger partial charge in [0.15, 0.2) is 4.34 Å². The van der Waals surface area contributed by atoms with Crippen LogP contribution in [-0.2, 0) is 12.3 Å². The lowest BCUT2D eigenvalue weighted by Gasteiger charge is -2.05. The Balaban J connectivity index is 2.02. The minimum absolute atomic E-state index is 0.468. The third kappa shape index (κ3) is 3.18. The monoisotopic (exact) mass is 281 g/mol. The molecule has 0 saturated heterocycles. The van der Waals surface area contributed by atoms with Gasteiger partial charge in [-0.3, -0.25) is 4.98 Å². The Kier molecular flexibility index (Phi) is 4.51. The molecule has 0 aliphatic rings. The van der Waals surface area contributed by atoms with Gasteiger partial charge in [-0.1, -0.05) is 29.2 Å². The molecule has 2 rings (SSSR count). The van der Waals surface area contributed by atoms with Gasteiger partial charge in [0.1, 0.15) is 0 Å². The van der Waals surface area contributed by atoms with Crippen molar-refractivity contribution in [1.82, 2.24) is 15.2 Å². The molecule has 0 atom stereocenters. The van der Waals surface area contributed by atoms with Crippen LogP contribution in [0.4, 0.5) is 5.13 Å². The lowest BCUT2D eigenvalue weighted by atomic mass is 10.2. The van der Waals surface area contributed by atoms with Crippen LogP contribution in [0.5, 0.6) is 0 Å². The Morgan fingerprint density at radius 3 is 2.89 bits per heavy atom. The number of aromatic nitrogens is 3. The zero-order valence-corrected chi connectivity index (χ0v) is 12.0. The second-order valence-corrected chi connectivity index (χ2v) is 6.03. The number of thioether (sulfide) groups is 1. The molecule has 2 aromatic rings. The highest BCUT2D eigenvalue weighted by atomic mass is 32.2. The van der Waals surface area contributed by atoms with Crippen LogP contribution in [0.1, 0.15) is 11.3 Å². The molecule has 0 aliphatic carbocycles. The average Bonchev–Trinajstić information content (AvgIpc) is 2.85. The van der Waals surface area contributed by atoms with E-state index < -0.39 is 0 Å². The average molecular weight is 281 g/mol. The van der Waals surface area contributed by atoms with E-state index in [9.17, 15) is 0 Å². The fraction of sp³-hybridized carbons (Fsp3) is 0.364. The summed E-state index contributed by atoms with van der Waals surface area (Å²) in [5.74, 6) is 0.822. The van der Waals surface area contributed by atoms with Crippen LogP contribution in [0.15, 0.2) is 22.7 Å². The largest absolute Gasteiger partial charge is 0.353 e. The first-order valence-corrected chi connectivity index (χ1v) is 7.27. The zero-order chi connectivity index (χ0) is 13.0. The summed E-state index contributed by atoms with van der Waals surface area (Å²) in [5, 5.41) is 9.17. The molecule has 5 nitrogen and oxygen atoms in total. The molecule has 0 fully saturated rings. The van der Waals surface area contributed by atoms with Gasteiger partial charge < -0.3 is 10.6 Å². The third-order valence-corrected chi connectivity index (χ3v) is 4.58. The Morgan fingerprint density at radius 1 is 1.39 bits per heavy atom. The molecule has 18 heavy (non-hydrogen) atoms. The van der Waals surface area contributed by atoms with Crippen LogP contribution in [0.25, 0.3) is 0 Å². The normalized spacial score (nSPS) is 10.6. The number of anilines is 1. The Morgan fingerprint density at radius 2 is 2.22 bits per heavy atom. The number of nitrogens with zero attached hydrogens (tertiary/aromatic N) is 4. The molecule has 0 amide bonds.